The van der Waals surface area contributed by atoms with Crippen LogP contribution in [-0.4, -0.2) is 37.4 Å². The van der Waals surface area contributed by atoms with E-state index in [0.717, 1.165) is 12.8 Å². The van der Waals surface area contributed by atoms with Crippen molar-refractivity contribution < 1.29 is 23.8 Å². The molecule has 2 heterocycles. The molecule has 2 aliphatic rings. The number of rotatable bonds is 3. The maximum Gasteiger partial charge on any atom is 0.338 e. The molecule has 0 N–H and O–H groups in total. The smallest absolute Gasteiger partial charge is 0.338 e. The first-order chi connectivity index (χ1) is 10.2. The molecule has 0 aliphatic carbocycles. The van der Waals surface area contributed by atoms with E-state index in [9.17, 15) is 9.59 Å². The second kappa shape index (κ2) is 5.85. The van der Waals surface area contributed by atoms with Gasteiger partial charge in [0.25, 0.3) is 0 Å². The van der Waals surface area contributed by atoms with Crippen molar-refractivity contribution in [1.29, 1.82) is 0 Å². The Kier molecular flexibility index (Phi) is 3.92. The summed E-state index contributed by atoms with van der Waals surface area (Å²) in [6, 6.07) is 8.79. The molecule has 0 spiro atoms. The third-order valence-corrected chi connectivity index (χ3v) is 4.18. The van der Waals surface area contributed by atoms with Crippen molar-refractivity contribution in [3.05, 3.63) is 35.9 Å². The van der Waals surface area contributed by atoms with E-state index in [1.165, 1.54) is 7.11 Å². The Morgan fingerprint density at radius 3 is 2.67 bits per heavy atom. The Morgan fingerprint density at radius 2 is 1.95 bits per heavy atom. The predicted octanol–water partition coefficient (Wildman–Crippen LogP) is 1.95. The largest absolute Gasteiger partial charge is 0.469 e. The molecular formula is C16H18O5. The number of esters is 2. The van der Waals surface area contributed by atoms with E-state index in [4.69, 9.17) is 14.2 Å². The molecule has 0 radical (unpaired) electrons. The van der Waals surface area contributed by atoms with Crippen molar-refractivity contribution in [2.45, 2.75) is 37.6 Å². The molecule has 2 aliphatic heterocycles. The molecule has 112 valence electrons. The van der Waals surface area contributed by atoms with Gasteiger partial charge in [0.2, 0.25) is 0 Å². The van der Waals surface area contributed by atoms with Gasteiger partial charge in [-0.15, -0.1) is 0 Å². The number of methoxy groups -OCH3 is 1. The van der Waals surface area contributed by atoms with Gasteiger partial charge in [0.15, 0.2) is 0 Å². The van der Waals surface area contributed by atoms with Crippen LogP contribution in [0.25, 0.3) is 0 Å². The first-order valence-electron chi connectivity index (χ1n) is 7.18. The summed E-state index contributed by atoms with van der Waals surface area (Å²) >= 11 is 0. The van der Waals surface area contributed by atoms with Crippen LogP contribution in [0.1, 0.15) is 29.6 Å². The first-order valence-corrected chi connectivity index (χ1v) is 7.18. The van der Waals surface area contributed by atoms with Gasteiger partial charge in [-0.2, -0.15) is 0 Å². The quantitative estimate of drug-likeness (QED) is 0.796. The summed E-state index contributed by atoms with van der Waals surface area (Å²) in [6.45, 7) is 0. The fraction of sp³-hybridized carbons (Fsp3) is 0.500. The normalized spacial score (nSPS) is 30.7. The van der Waals surface area contributed by atoms with E-state index >= 15 is 0 Å². The summed E-state index contributed by atoms with van der Waals surface area (Å²) in [7, 11) is 1.35. The summed E-state index contributed by atoms with van der Waals surface area (Å²) in [5.74, 6) is -1.30. The third-order valence-electron chi connectivity index (χ3n) is 4.18. The third kappa shape index (κ3) is 2.78. The maximum absolute atomic E-state index is 12.2. The molecule has 5 nitrogen and oxygen atoms in total. The van der Waals surface area contributed by atoms with Crippen LogP contribution in [0.5, 0.6) is 0 Å². The van der Waals surface area contributed by atoms with Crippen LogP contribution in [0.15, 0.2) is 30.3 Å². The Hall–Kier alpha value is -1.88. The monoisotopic (exact) mass is 290 g/mol. The van der Waals surface area contributed by atoms with Crippen molar-refractivity contribution in [1.82, 2.24) is 0 Å². The van der Waals surface area contributed by atoms with Gasteiger partial charge in [-0.3, -0.25) is 4.79 Å². The maximum atomic E-state index is 12.2. The topological polar surface area (TPSA) is 61.8 Å². The molecule has 0 saturated carbocycles. The molecule has 0 amide bonds. The van der Waals surface area contributed by atoms with Crippen LogP contribution < -0.4 is 0 Å². The highest BCUT2D eigenvalue weighted by Crippen LogP contribution is 2.38. The molecule has 21 heavy (non-hydrogen) atoms. The van der Waals surface area contributed by atoms with Crippen molar-refractivity contribution >= 4 is 11.9 Å². The van der Waals surface area contributed by atoms with Crippen LogP contribution in [0.2, 0.25) is 0 Å². The van der Waals surface area contributed by atoms with E-state index in [2.05, 4.69) is 0 Å². The Balaban J connectivity index is 1.76. The highest BCUT2D eigenvalue weighted by atomic mass is 16.6. The molecule has 3 rings (SSSR count). The van der Waals surface area contributed by atoms with Crippen LogP contribution in [-0.2, 0) is 19.0 Å². The standard InChI is InChI=1S/C16H18O5/c1-19-16(18)14-12-8-7-11(20-12)9-13(14)21-15(17)10-5-3-2-4-6-10/h2-6,11-14H,7-9H2,1H3/t11-,12+,13+,14-/m0/s1. The fourth-order valence-corrected chi connectivity index (χ4v) is 3.16. The molecule has 1 aromatic rings. The van der Waals surface area contributed by atoms with Gasteiger partial charge in [-0.25, -0.2) is 4.79 Å². The van der Waals surface area contributed by atoms with Gasteiger partial charge in [-0.05, 0) is 25.0 Å². The van der Waals surface area contributed by atoms with E-state index in [0.29, 0.717) is 12.0 Å². The van der Waals surface area contributed by atoms with E-state index in [1.54, 1.807) is 24.3 Å². The summed E-state index contributed by atoms with van der Waals surface area (Å²) < 4.78 is 16.2. The minimum atomic E-state index is -0.526. The van der Waals surface area contributed by atoms with Gasteiger partial charge in [-0.1, -0.05) is 18.2 Å². The van der Waals surface area contributed by atoms with Gasteiger partial charge in [0, 0.05) is 6.42 Å². The number of hydrogen-bond donors (Lipinski definition) is 0. The summed E-state index contributed by atoms with van der Waals surface area (Å²) in [4.78, 5) is 24.2. The van der Waals surface area contributed by atoms with Crippen LogP contribution in [0.3, 0.4) is 0 Å². The predicted molar refractivity (Wildman–Crippen MR) is 73.7 cm³/mol. The Bertz CT molecular complexity index is 527. The highest BCUT2D eigenvalue weighted by Gasteiger charge is 2.49. The zero-order chi connectivity index (χ0) is 14.8. The molecule has 2 saturated heterocycles. The van der Waals surface area contributed by atoms with Gasteiger partial charge in [0.05, 0.1) is 24.9 Å². The van der Waals surface area contributed by atoms with Gasteiger partial charge >= 0.3 is 11.9 Å². The molecule has 0 unspecified atom stereocenters. The number of carbonyl (C=O) groups is 2. The lowest BCUT2D eigenvalue weighted by atomic mass is 9.92. The number of fused-ring (bicyclic) bond motifs is 2. The zero-order valence-corrected chi connectivity index (χ0v) is 11.9. The Labute approximate surface area is 123 Å². The van der Waals surface area contributed by atoms with Crippen molar-refractivity contribution in [2.24, 2.45) is 5.92 Å². The second-order valence-corrected chi connectivity index (χ2v) is 5.47. The zero-order valence-electron chi connectivity index (χ0n) is 11.9. The number of hydrogen-bond acceptors (Lipinski definition) is 5. The van der Waals surface area contributed by atoms with Crippen LogP contribution in [0.4, 0.5) is 0 Å². The lowest BCUT2D eigenvalue weighted by Crippen LogP contribution is -2.46. The minimum Gasteiger partial charge on any atom is -0.469 e. The van der Waals surface area contributed by atoms with Crippen molar-refractivity contribution in [3.63, 3.8) is 0 Å². The number of carbonyl (C=O) groups excluding carboxylic acids is 2. The Morgan fingerprint density at radius 1 is 1.19 bits per heavy atom. The van der Waals surface area contributed by atoms with Crippen molar-refractivity contribution in [3.8, 4) is 0 Å². The second-order valence-electron chi connectivity index (χ2n) is 5.47. The van der Waals surface area contributed by atoms with Crippen LogP contribution >= 0.6 is 0 Å². The van der Waals surface area contributed by atoms with Gasteiger partial charge in [0.1, 0.15) is 12.0 Å². The molecule has 5 heteroatoms. The average Bonchev–Trinajstić information content (AvgIpc) is 2.89. The SMILES string of the molecule is COC(=O)[C@@H]1[C@H](OC(=O)c2ccccc2)C[C@@H]2CC[C@H]1O2. The molecule has 0 aromatic heterocycles. The fourth-order valence-electron chi connectivity index (χ4n) is 3.16. The summed E-state index contributed by atoms with van der Waals surface area (Å²) in [6.07, 6.45) is 1.65. The summed E-state index contributed by atoms with van der Waals surface area (Å²) in [5.41, 5.74) is 0.486. The van der Waals surface area contributed by atoms with Crippen LogP contribution in [0, 0.1) is 5.92 Å². The first kappa shape index (κ1) is 14.1. The molecule has 4 atom stereocenters. The summed E-state index contributed by atoms with van der Waals surface area (Å²) in [5, 5.41) is 0. The number of benzene rings is 1. The van der Waals surface area contributed by atoms with E-state index in [1.807, 2.05) is 6.07 Å². The molecule has 2 bridgehead atoms. The molecule has 1 aromatic carbocycles. The number of ether oxygens (including phenoxy) is 3. The highest BCUT2D eigenvalue weighted by molar-refractivity contribution is 5.89. The van der Waals surface area contributed by atoms with Crippen molar-refractivity contribution in [2.75, 3.05) is 7.11 Å². The molecule has 2 fully saturated rings. The van der Waals surface area contributed by atoms with E-state index < -0.39 is 18.0 Å². The lowest BCUT2D eigenvalue weighted by Gasteiger charge is -2.34. The molecular weight excluding hydrogens is 272 g/mol. The van der Waals surface area contributed by atoms with E-state index in [-0.39, 0.29) is 18.2 Å². The van der Waals surface area contributed by atoms with Gasteiger partial charge < -0.3 is 14.2 Å². The average molecular weight is 290 g/mol. The minimum absolute atomic E-state index is 0.0736. The lowest BCUT2D eigenvalue weighted by molar-refractivity contribution is -0.166.